The number of methoxy groups -OCH3 is 1. The molecule has 0 aliphatic rings. The molecule has 0 unspecified atom stereocenters. The predicted molar refractivity (Wildman–Crippen MR) is 87.8 cm³/mol. The van der Waals surface area contributed by atoms with Crippen molar-refractivity contribution in [2.24, 2.45) is 0 Å². The Morgan fingerprint density at radius 2 is 1.90 bits per heavy atom. The molecule has 0 amide bonds. The molecule has 0 bridgehead atoms. The Hall–Kier alpha value is -1.71. The van der Waals surface area contributed by atoms with E-state index in [0.29, 0.717) is 6.61 Å². The fraction of sp³-hybridized carbons (Fsp3) is 0.222. The normalized spacial score (nSPS) is 11.1. The van der Waals surface area contributed by atoms with E-state index in [1.54, 1.807) is 7.11 Å². The van der Waals surface area contributed by atoms with Gasteiger partial charge in [-0.1, -0.05) is 36.4 Å². The topological polar surface area (TPSA) is 22.4 Å². The molecule has 0 aliphatic heterocycles. The van der Waals surface area contributed by atoms with Crippen molar-refractivity contribution >= 4 is 22.7 Å². The average Bonchev–Trinajstić information content (AvgIpc) is 2.94. The molecule has 0 spiro atoms. The van der Waals surface area contributed by atoms with Crippen LogP contribution in [0.1, 0.15) is 11.3 Å². The van der Waals surface area contributed by atoms with Crippen molar-refractivity contribution < 1.29 is 9.15 Å². The zero-order valence-electron chi connectivity index (χ0n) is 12.0. The van der Waals surface area contributed by atoms with Gasteiger partial charge in [-0.25, -0.2) is 0 Å². The first-order chi connectivity index (χ1) is 10.3. The van der Waals surface area contributed by atoms with Gasteiger partial charge >= 0.3 is 0 Å². The molecule has 21 heavy (non-hydrogen) atoms. The molecule has 108 valence electrons. The highest BCUT2D eigenvalue weighted by Gasteiger charge is 2.05. The number of rotatable bonds is 6. The molecule has 0 aliphatic carbocycles. The second kappa shape index (κ2) is 6.83. The van der Waals surface area contributed by atoms with Crippen LogP contribution in [0.2, 0.25) is 0 Å². The van der Waals surface area contributed by atoms with Crippen LogP contribution in [0.4, 0.5) is 0 Å². The van der Waals surface area contributed by atoms with E-state index in [4.69, 9.17) is 9.15 Å². The van der Waals surface area contributed by atoms with Gasteiger partial charge in [-0.2, -0.15) is 0 Å². The van der Waals surface area contributed by atoms with E-state index in [1.165, 1.54) is 10.5 Å². The lowest BCUT2D eigenvalue weighted by molar-refractivity contribution is 0.197. The van der Waals surface area contributed by atoms with Gasteiger partial charge in [0.1, 0.15) is 11.3 Å². The molecule has 0 saturated heterocycles. The van der Waals surface area contributed by atoms with Crippen molar-refractivity contribution in [1.29, 1.82) is 0 Å². The predicted octanol–water partition coefficient (Wildman–Crippen LogP) is 4.91. The third-order valence-electron chi connectivity index (χ3n) is 3.34. The molecular weight excluding hydrogens is 280 g/mol. The number of benzene rings is 2. The standard InChI is InChI=1S/C18H18O2S/c1-19-10-9-16-11-15-7-8-17(12-18(15)20-16)21-13-14-5-3-2-4-6-14/h2-8,11-12H,9-10,13H2,1H3. The van der Waals surface area contributed by atoms with Crippen LogP contribution in [-0.2, 0) is 16.9 Å². The van der Waals surface area contributed by atoms with Crippen LogP contribution < -0.4 is 0 Å². The van der Waals surface area contributed by atoms with Gasteiger partial charge in [0, 0.05) is 29.6 Å². The van der Waals surface area contributed by atoms with Crippen molar-refractivity contribution in [1.82, 2.24) is 0 Å². The Balaban J connectivity index is 1.71. The number of furan rings is 1. The number of hydrogen-bond donors (Lipinski definition) is 0. The molecule has 3 aromatic rings. The molecule has 3 heteroatoms. The summed E-state index contributed by atoms with van der Waals surface area (Å²) in [5.74, 6) is 1.96. The van der Waals surface area contributed by atoms with Crippen molar-refractivity contribution in [3.63, 3.8) is 0 Å². The fourth-order valence-corrected chi connectivity index (χ4v) is 3.10. The Bertz CT molecular complexity index is 704. The third-order valence-corrected chi connectivity index (χ3v) is 4.41. The molecule has 0 fully saturated rings. The molecule has 0 atom stereocenters. The first-order valence-corrected chi connectivity index (χ1v) is 8.02. The second-order valence-electron chi connectivity index (χ2n) is 4.93. The Kier molecular flexibility index (Phi) is 4.63. The summed E-state index contributed by atoms with van der Waals surface area (Å²) < 4.78 is 11.0. The molecule has 0 N–H and O–H groups in total. The number of hydrogen-bond acceptors (Lipinski definition) is 3. The van der Waals surface area contributed by atoms with E-state index in [1.807, 2.05) is 17.8 Å². The van der Waals surface area contributed by atoms with E-state index in [-0.39, 0.29) is 0 Å². The van der Waals surface area contributed by atoms with Gasteiger partial charge in [0.15, 0.2) is 0 Å². The Morgan fingerprint density at radius 3 is 2.71 bits per heavy atom. The number of ether oxygens (including phenoxy) is 1. The minimum absolute atomic E-state index is 0.690. The quantitative estimate of drug-likeness (QED) is 0.603. The first-order valence-electron chi connectivity index (χ1n) is 7.03. The van der Waals surface area contributed by atoms with Crippen LogP contribution in [-0.4, -0.2) is 13.7 Å². The molecule has 3 rings (SSSR count). The lowest BCUT2D eigenvalue weighted by Crippen LogP contribution is -1.91. The van der Waals surface area contributed by atoms with Crippen LogP contribution in [0, 0.1) is 0 Å². The highest BCUT2D eigenvalue weighted by Crippen LogP contribution is 2.28. The SMILES string of the molecule is COCCc1cc2ccc(SCc3ccccc3)cc2o1. The minimum atomic E-state index is 0.690. The smallest absolute Gasteiger partial charge is 0.135 e. The fourth-order valence-electron chi connectivity index (χ4n) is 2.22. The number of fused-ring (bicyclic) bond motifs is 1. The zero-order chi connectivity index (χ0) is 14.5. The van der Waals surface area contributed by atoms with E-state index in [9.17, 15) is 0 Å². The van der Waals surface area contributed by atoms with Gasteiger partial charge in [-0.05, 0) is 23.8 Å². The second-order valence-corrected chi connectivity index (χ2v) is 5.98. The number of thioether (sulfide) groups is 1. The molecule has 2 aromatic carbocycles. The van der Waals surface area contributed by atoms with E-state index >= 15 is 0 Å². The van der Waals surface area contributed by atoms with Crippen molar-refractivity contribution in [2.45, 2.75) is 17.1 Å². The lowest BCUT2D eigenvalue weighted by atomic mass is 10.2. The maximum atomic E-state index is 5.87. The highest BCUT2D eigenvalue weighted by molar-refractivity contribution is 7.98. The van der Waals surface area contributed by atoms with Gasteiger partial charge in [-0.15, -0.1) is 11.8 Å². The molecular formula is C18H18O2S. The van der Waals surface area contributed by atoms with E-state index in [0.717, 1.165) is 28.9 Å². The zero-order valence-corrected chi connectivity index (χ0v) is 12.9. The molecule has 2 nitrogen and oxygen atoms in total. The molecule has 0 saturated carbocycles. The first kappa shape index (κ1) is 14.2. The monoisotopic (exact) mass is 298 g/mol. The van der Waals surface area contributed by atoms with Gasteiger partial charge in [0.2, 0.25) is 0 Å². The molecule has 0 radical (unpaired) electrons. The molecule has 1 heterocycles. The summed E-state index contributed by atoms with van der Waals surface area (Å²) in [5, 5.41) is 1.16. The Morgan fingerprint density at radius 1 is 1.05 bits per heavy atom. The average molecular weight is 298 g/mol. The summed E-state index contributed by atoms with van der Waals surface area (Å²) >= 11 is 1.83. The molecule has 1 aromatic heterocycles. The van der Waals surface area contributed by atoms with Gasteiger partial charge in [0.05, 0.1) is 6.61 Å². The van der Waals surface area contributed by atoms with Crippen LogP contribution in [0.15, 0.2) is 63.9 Å². The van der Waals surface area contributed by atoms with Crippen molar-refractivity contribution in [3.05, 3.63) is 65.9 Å². The van der Waals surface area contributed by atoms with Crippen LogP contribution in [0.5, 0.6) is 0 Å². The van der Waals surface area contributed by atoms with Crippen molar-refractivity contribution in [3.8, 4) is 0 Å². The summed E-state index contributed by atoms with van der Waals surface area (Å²) in [7, 11) is 1.71. The summed E-state index contributed by atoms with van der Waals surface area (Å²) in [4.78, 5) is 1.24. The van der Waals surface area contributed by atoms with Gasteiger partial charge in [0.25, 0.3) is 0 Å². The van der Waals surface area contributed by atoms with Gasteiger partial charge < -0.3 is 9.15 Å². The lowest BCUT2D eigenvalue weighted by Gasteiger charge is -2.01. The highest BCUT2D eigenvalue weighted by atomic mass is 32.2. The summed E-state index contributed by atoms with van der Waals surface area (Å²) in [6.07, 6.45) is 0.817. The summed E-state index contributed by atoms with van der Waals surface area (Å²) in [6.45, 7) is 0.690. The van der Waals surface area contributed by atoms with E-state index in [2.05, 4.69) is 48.5 Å². The van der Waals surface area contributed by atoms with E-state index < -0.39 is 0 Å². The van der Waals surface area contributed by atoms with Crippen LogP contribution >= 0.6 is 11.8 Å². The Labute approximate surface area is 129 Å². The van der Waals surface area contributed by atoms with Gasteiger partial charge in [-0.3, -0.25) is 0 Å². The summed E-state index contributed by atoms with van der Waals surface area (Å²) in [6, 6.07) is 19.0. The maximum absolute atomic E-state index is 5.87. The van der Waals surface area contributed by atoms with Crippen molar-refractivity contribution in [2.75, 3.05) is 13.7 Å². The van der Waals surface area contributed by atoms with Crippen LogP contribution in [0.25, 0.3) is 11.0 Å². The minimum Gasteiger partial charge on any atom is -0.461 e. The van der Waals surface area contributed by atoms with Crippen LogP contribution in [0.3, 0.4) is 0 Å². The maximum Gasteiger partial charge on any atom is 0.135 e. The largest absolute Gasteiger partial charge is 0.461 e. The summed E-state index contributed by atoms with van der Waals surface area (Å²) in [5.41, 5.74) is 2.29. The third kappa shape index (κ3) is 3.69.